The average Bonchev–Trinajstić information content (AvgIpc) is 2.25. The minimum Gasteiger partial charge on any atom is -0.368 e. The van der Waals surface area contributed by atoms with Crippen molar-refractivity contribution in [1.29, 1.82) is 0 Å². The van der Waals surface area contributed by atoms with Crippen LogP contribution in [0, 0.1) is 5.82 Å². The number of nitrogens with zero attached hydrogens (tertiary/aromatic N) is 1. The lowest BCUT2D eigenvalue weighted by Gasteiger charge is -2.07. The number of benzene rings is 1. The Morgan fingerprint density at radius 1 is 1.33 bits per heavy atom. The van der Waals surface area contributed by atoms with Crippen LogP contribution in [0.1, 0.15) is 0 Å². The van der Waals surface area contributed by atoms with E-state index in [9.17, 15) is 4.39 Å². The fourth-order valence-electron chi connectivity index (χ4n) is 1.48. The number of rotatable bonds is 3. The second-order valence-electron chi connectivity index (χ2n) is 3.24. The molecular weight excluding hydrogens is 193 g/mol. The third-order valence-electron chi connectivity index (χ3n) is 2.16. The largest absolute Gasteiger partial charge is 0.368 e. The summed E-state index contributed by atoms with van der Waals surface area (Å²) in [5.74, 6) is 0.511. The standard InChI is InChI=1S/C11H12FN3/c12-9-1-2-10-8(7-9)3-5-14-11(10)15-6-4-13/h1-3,5,7H,4,6,13H2,(H,14,15). The van der Waals surface area contributed by atoms with Crippen LogP contribution in [0.5, 0.6) is 0 Å². The van der Waals surface area contributed by atoms with Crippen molar-refractivity contribution in [2.75, 3.05) is 18.4 Å². The lowest BCUT2D eigenvalue weighted by atomic mass is 10.1. The molecule has 0 aliphatic carbocycles. The highest BCUT2D eigenvalue weighted by molar-refractivity contribution is 5.91. The Labute approximate surface area is 87.1 Å². The number of hydrogen-bond acceptors (Lipinski definition) is 3. The summed E-state index contributed by atoms with van der Waals surface area (Å²) in [6.07, 6.45) is 1.65. The van der Waals surface area contributed by atoms with Gasteiger partial charge in [0.2, 0.25) is 0 Å². The quantitative estimate of drug-likeness (QED) is 0.802. The molecule has 15 heavy (non-hydrogen) atoms. The van der Waals surface area contributed by atoms with E-state index in [-0.39, 0.29) is 5.82 Å². The first-order chi connectivity index (χ1) is 7.31. The van der Waals surface area contributed by atoms with Crippen molar-refractivity contribution in [1.82, 2.24) is 4.98 Å². The molecule has 0 saturated heterocycles. The third-order valence-corrected chi connectivity index (χ3v) is 2.16. The number of nitrogens with two attached hydrogens (primary N) is 1. The molecule has 0 radical (unpaired) electrons. The second-order valence-corrected chi connectivity index (χ2v) is 3.24. The molecule has 0 saturated carbocycles. The van der Waals surface area contributed by atoms with Gasteiger partial charge in [0.1, 0.15) is 11.6 Å². The van der Waals surface area contributed by atoms with E-state index >= 15 is 0 Å². The molecule has 3 N–H and O–H groups in total. The normalized spacial score (nSPS) is 10.5. The Hall–Kier alpha value is -1.68. The Morgan fingerprint density at radius 2 is 2.20 bits per heavy atom. The van der Waals surface area contributed by atoms with Gasteiger partial charge >= 0.3 is 0 Å². The van der Waals surface area contributed by atoms with Crippen LogP contribution in [0.15, 0.2) is 30.5 Å². The molecule has 1 heterocycles. The molecule has 0 amide bonds. The van der Waals surface area contributed by atoms with Gasteiger partial charge in [-0.05, 0) is 29.7 Å². The van der Waals surface area contributed by atoms with Gasteiger partial charge in [-0.2, -0.15) is 0 Å². The maximum Gasteiger partial charge on any atom is 0.133 e. The maximum atomic E-state index is 13.0. The van der Waals surface area contributed by atoms with Crippen LogP contribution in [-0.2, 0) is 0 Å². The first-order valence-electron chi connectivity index (χ1n) is 4.79. The monoisotopic (exact) mass is 205 g/mol. The van der Waals surface area contributed by atoms with Crippen molar-refractivity contribution in [3.8, 4) is 0 Å². The van der Waals surface area contributed by atoms with Crippen molar-refractivity contribution in [2.24, 2.45) is 5.73 Å². The molecule has 2 aromatic rings. The predicted octanol–water partition coefficient (Wildman–Crippen LogP) is 1.74. The fourth-order valence-corrected chi connectivity index (χ4v) is 1.48. The van der Waals surface area contributed by atoms with Crippen molar-refractivity contribution in [2.45, 2.75) is 0 Å². The van der Waals surface area contributed by atoms with E-state index in [1.165, 1.54) is 12.1 Å². The van der Waals surface area contributed by atoms with E-state index in [2.05, 4.69) is 10.3 Å². The minimum absolute atomic E-state index is 0.238. The van der Waals surface area contributed by atoms with E-state index in [0.29, 0.717) is 13.1 Å². The zero-order chi connectivity index (χ0) is 10.7. The van der Waals surface area contributed by atoms with Gasteiger partial charge in [-0.15, -0.1) is 0 Å². The van der Waals surface area contributed by atoms with E-state index in [1.54, 1.807) is 18.3 Å². The van der Waals surface area contributed by atoms with E-state index in [1.807, 2.05) is 0 Å². The lowest BCUT2D eigenvalue weighted by Crippen LogP contribution is -2.13. The van der Waals surface area contributed by atoms with Gasteiger partial charge in [0, 0.05) is 24.7 Å². The maximum absolute atomic E-state index is 13.0. The highest BCUT2D eigenvalue weighted by atomic mass is 19.1. The van der Waals surface area contributed by atoms with Gasteiger partial charge < -0.3 is 11.1 Å². The number of aromatic nitrogens is 1. The second kappa shape index (κ2) is 4.23. The molecule has 0 unspecified atom stereocenters. The van der Waals surface area contributed by atoms with Crippen LogP contribution in [-0.4, -0.2) is 18.1 Å². The molecule has 3 nitrogen and oxygen atoms in total. The average molecular weight is 205 g/mol. The summed E-state index contributed by atoms with van der Waals surface area (Å²) in [4.78, 5) is 4.18. The summed E-state index contributed by atoms with van der Waals surface area (Å²) in [6.45, 7) is 1.20. The molecule has 78 valence electrons. The molecule has 0 aliphatic rings. The van der Waals surface area contributed by atoms with Crippen LogP contribution in [0.3, 0.4) is 0 Å². The van der Waals surface area contributed by atoms with Crippen molar-refractivity contribution in [3.63, 3.8) is 0 Å². The number of pyridine rings is 1. The van der Waals surface area contributed by atoms with Crippen molar-refractivity contribution >= 4 is 16.6 Å². The smallest absolute Gasteiger partial charge is 0.133 e. The number of halogens is 1. The van der Waals surface area contributed by atoms with Gasteiger partial charge in [0.05, 0.1) is 0 Å². The third kappa shape index (κ3) is 2.05. The topological polar surface area (TPSA) is 50.9 Å². The number of nitrogens with one attached hydrogen (secondary N) is 1. The molecule has 0 fully saturated rings. The van der Waals surface area contributed by atoms with Crippen LogP contribution < -0.4 is 11.1 Å². The van der Waals surface area contributed by atoms with Crippen LogP contribution in [0.2, 0.25) is 0 Å². The van der Waals surface area contributed by atoms with Crippen LogP contribution >= 0.6 is 0 Å². The SMILES string of the molecule is NCCNc1nccc2cc(F)ccc12. The predicted molar refractivity (Wildman–Crippen MR) is 59.2 cm³/mol. The number of hydrogen-bond donors (Lipinski definition) is 2. The van der Waals surface area contributed by atoms with E-state index in [4.69, 9.17) is 5.73 Å². The minimum atomic E-state index is -0.238. The van der Waals surface area contributed by atoms with Gasteiger partial charge in [-0.1, -0.05) is 0 Å². The molecule has 0 spiro atoms. The molecule has 0 atom stereocenters. The van der Waals surface area contributed by atoms with Crippen LogP contribution in [0.25, 0.3) is 10.8 Å². The Bertz CT molecular complexity index is 470. The van der Waals surface area contributed by atoms with Crippen molar-refractivity contribution < 1.29 is 4.39 Å². The fraction of sp³-hybridized carbons (Fsp3) is 0.182. The zero-order valence-corrected chi connectivity index (χ0v) is 8.20. The van der Waals surface area contributed by atoms with Crippen LogP contribution in [0.4, 0.5) is 10.2 Å². The molecule has 4 heteroatoms. The molecule has 0 bridgehead atoms. The first kappa shape index (κ1) is 9.86. The summed E-state index contributed by atoms with van der Waals surface area (Å²) < 4.78 is 13.0. The van der Waals surface area contributed by atoms with Gasteiger partial charge in [-0.25, -0.2) is 9.37 Å². The summed E-state index contributed by atoms with van der Waals surface area (Å²) in [6, 6.07) is 6.42. The van der Waals surface area contributed by atoms with Crippen molar-refractivity contribution in [3.05, 3.63) is 36.3 Å². The molecule has 2 rings (SSSR count). The zero-order valence-electron chi connectivity index (χ0n) is 8.20. The lowest BCUT2D eigenvalue weighted by molar-refractivity contribution is 0.630. The number of fused-ring (bicyclic) bond motifs is 1. The summed E-state index contributed by atoms with van der Waals surface area (Å²) >= 11 is 0. The van der Waals surface area contributed by atoms with E-state index in [0.717, 1.165) is 16.6 Å². The van der Waals surface area contributed by atoms with Gasteiger partial charge in [-0.3, -0.25) is 0 Å². The Kier molecular flexibility index (Phi) is 2.78. The van der Waals surface area contributed by atoms with Gasteiger partial charge in [0.25, 0.3) is 0 Å². The summed E-state index contributed by atoms with van der Waals surface area (Å²) in [5.41, 5.74) is 5.39. The number of anilines is 1. The molecule has 1 aromatic heterocycles. The highest BCUT2D eigenvalue weighted by Gasteiger charge is 2.01. The van der Waals surface area contributed by atoms with E-state index < -0.39 is 0 Å². The molecule has 0 aliphatic heterocycles. The summed E-state index contributed by atoms with van der Waals surface area (Å²) in [7, 11) is 0. The Balaban J connectivity index is 2.46. The van der Waals surface area contributed by atoms with Gasteiger partial charge in [0.15, 0.2) is 0 Å². The molecular formula is C11H12FN3. The first-order valence-corrected chi connectivity index (χ1v) is 4.79. The Morgan fingerprint density at radius 3 is 3.00 bits per heavy atom. The molecule has 1 aromatic carbocycles. The highest BCUT2D eigenvalue weighted by Crippen LogP contribution is 2.21. The summed E-state index contributed by atoms with van der Waals surface area (Å²) in [5, 5.41) is 4.85.